The van der Waals surface area contributed by atoms with Crippen LogP contribution >= 0.6 is 0 Å². The van der Waals surface area contributed by atoms with Crippen LogP contribution in [-0.4, -0.2) is 28.0 Å². The molecule has 0 radical (unpaired) electrons. The van der Waals surface area contributed by atoms with Gasteiger partial charge in [-0.3, -0.25) is 4.79 Å². The molecule has 0 aliphatic heterocycles. The molecule has 1 aromatic heterocycles. The monoisotopic (exact) mass is 247 g/mol. The van der Waals surface area contributed by atoms with Crippen LogP contribution in [0.5, 0.6) is 0 Å². The molecule has 94 valence electrons. The molecule has 0 spiro atoms. The average molecular weight is 247 g/mol. The lowest BCUT2D eigenvalue weighted by Crippen LogP contribution is -2.40. The summed E-state index contributed by atoms with van der Waals surface area (Å²) in [6.45, 7) is 3.28. The van der Waals surface area contributed by atoms with Gasteiger partial charge in [0.15, 0.2) is 0 Å². The summed E-state index contributed by atoms with van der Waals surface area (Å²) < 4.78 is 0. The number of aromatic nitrogens is 1. The van der Waals surface area contributed by atoms with E-state index in [-0.39, 0.29) is 12.1 Å². The maximum atomic E-state index is 11.8. The van der Waals surface area contributed by atoms with Crippen LogP contribution in [0.15, 0.2) is 12.1 Å². The Bertz CT molecular complexity index is 520. The van der Waals surface area contributed by atoms with Gasteiger partial charge in [0.25, 0.3) is 5.91 Å². The first-order valence-electron chi connectivity index (χ1n) is 5.41. The van der Waals surface area contributed by atoms with Crippen molar-refractivity contribution in [3.8, 4) is 6.07 Å². The van der Waals surface area contributed by atoms with Gasteiger partial charge in [0.05, 0.1) is 11.3 Å². The fourth-order valence-corrected chi connectivity index (χ4v) is 1.38. The number of rotatable bonds is 4. The minimum atomic E-state index is -1.09. The van der Waals surface area contributed by atoms with Gasteiger partial charge in [-0.25, -0.2) is 9.78 Å². The molecule has 0 aromatic carbocycles. The predicted octanol–water partition coefficient (Wildman–Crippen LogP) is 0.855. The van der Waals surface area contributed by atoms with Gasteiger partial charge in [-0.2, -0.15) is 5.26 Å². The normalized spacial score (nSPS) is 11.4. The van der Waals surface area contributed by atoms with E-state index in [0.717, 1.165) is 0 Å². The third-order valence-electron chi connectivity index (χ3n) is 2.45. The van der Waals surface area contributed by atoms with Crippen molar-refractivity contribution < 1.29 is 14.7 Å². The Morgan fingerprint density at radius 1 is 1.56 bits per heavy atom. The van der Waals surface area contributed by atoms with Gasteiger partial charge in [-0.05, 0) is 25.5 Å². The molecule has 0 saturated carbocycles. The van der Waals surface area contributed by atoms with Crippen LogP contribution in [0.25, 0.3) is 0 Å². The van der Waals surface area contributed by atoms with Gasteiger partial charge in [-0.1, -0.05) is 6.92 Å². The third kappa shape index (κ3) is 3.04. The molecule has 0 aliphatic rings. The van der Waals surface area contributed by atoms with E-state index in [2.05, 4.69) is 10.3 Å². The van der Waals surface area contributed by atoms with Gasteiger partial charge in [-0.15, -0.1) is 0 Å². The van der Waals surface area contributed by atoms with Crippen molar-refractivity contribution in [2.75, 3.05) is 0 Å². The van der Waals surface area contributed by atoms with Crippen LogP contribution in [0.1, 0.15) is 35.1 Å². The zero-order valence-electron chi connectivity index (χ0n) is 10.1. The van der Waals surface area contributed by atoms with Crippen molar-refractivity contribution in [3.05, 3.63) is 29.1 Å². The van der Waals surface area contributed by atoms with Crippen molar-refractivity contribution in [2.24, 2.45) is 0 Å². The Balaban J connectivity index is 2.89. The molecule has 6 nitrogen and oxygen atoms in total. The van der Waals surface area contributed by atoms with E-state index < -0.39 is 17.9 Å². The molecular weight excluding hydrogens is 234 g/mol. The summed E-state index contributed by atoms with van der Waals surface area (Å²) in [5.41, 5.74) is 0.927. The largest absolute Gasteiger partial charge is 0.480 e. The van der Waals surface area contributed by atoms with Crippen LogP contribution in [-0.2, 0) is 4.79 Å². The van der Waals surface area contributed by atoms with Crippen molar-refractivity contribution >= 4 is 11.9 Å². The number of hydrogen-bond acceptors (Lipinski definition) is 4. The van der Waals surface area contributed by atoms with Crippen molar-refractivity contribution in [2.45, 2.75) is 26.3 Å². The zero-order chi connectivity index (χ0) is 13.7. The molecule has 0 saturated heterocycles. The smallest absolute Gasteiger partial charge is 0.326 e. The summed E-state index contributed by atoms with van der Waals surface area (Å²) in [6.07, 6.45) is 0.288. The van der Waals surface area contributed by atoms with E-state index in [4.69, 9.17) is 10.4 Å². The van der Waals surface area contributed by atoms with Gasteiger partial charge in [0, 0.05) is 0 Å². The molecule has 6 heteroatoms. The highest BCUT2D eigenvalue weighted by Crippen LogP contribution is 2.06. The number of carboxylic acid groups (broad SMARTS) is 1. The zero-order valence-corrected chi connectivity index (χ0v) is 10.1. The van der Waals surface area contributed by atoms with E-state index in [1.165, 1.54) is 12.1 Å². The molecule has 0 aliphatic carbocycles. The van der Waals surface area contributed by atoms with E-state index >= 15 is 0 Å². The maximum absolute atomic E-state index is 11.8. The lowest BCUT2D eigenvalue weighted by atomic mass is 10.2. The van der Waals surface area contributed by atoms with Gasteiger partial charge < -0.3 is 10.4 Å². The summed E-state index contributed by atoms with van der Waals surface area (Å²) in [5, 5.41) is 19.9. The molecule has 0 unspecified atom stereocenters. The van der Waals surface area contributed by atoms with Gasteiger partial charge in [0.1, 0.15) is 17.8 Å². The number of nitrogens with one attached hydrogen (secondary N) is 1. The first kappa shape index (κ1) is 13.6. The number of nitriles is 1. The van der Waals surface area contributed by atoms with Crippen molar-refractivity contribution in [3.63, 3.8) is 0 Å². The van der Waals surface area contributed by atoms with E-state index in [1.54, 1.807) is 13.8 Å². The summed E-state index contributed by atoms with van der Waals surface area (Å²) in [7, 11) is 0. The molecule has 1 heterocycles. The molecule has 0 bridgehead atoms. The third-order valence-corrected chi connectivity index (χ3v) is 2.45. The number of pyridine rings is 1. The highest BCUT2D eigenvalue weighted by Gasteiger charge is 2.19. The molecule has 1 rings (SSSR count). The van der Waals surface area contributed by atoms with Crippen molar-refractivity contribution in [1.29, 1.82) is 5.26 Å². The number of nitrogens with zero attached hydrogens (tertiary/aromatic N) is 2. The number of carbonyl (C=O) groups excluding carboxylic acids is 1. The molecule has 1 aromatic rings. The van der Waals surface area contributed by atoms with Crippen LogP contribution in [0.2, 0.25) is 0 Å². The second-order valence-electron chi connectivity index (χ2n) is 3.71. The van der Waals surface area contributed by atoms with Gasteiger partial charge in [0.2, 0.25) is 0 Å². The summed E-state index contributed by atoms with van der Waals surface area (Å²) in [5.74, 6) is -1.65. The Morgan fingerprint density at radius 3 is 2.67 bits per heavy atom. The molecule has 18 heavy (non-hydrogen) atoms. The maximum Gasteiger partial charge on any atom is 0.326 e. The SMILES string of the molecule is CC[C@H](NC(=O)c1ccc(C#N)c(C)n1)C(=O)O. The van der Waals surface area contributed by atoms with E-state index in [1.807, 2.05) is 6.07 Å². The summed E-state index contributed by atoms with van der Waals surface area (Å²) >= 11 is 0. The van der Waals surface area contributed by atoms with Crippen LogP contribution in [0.4, 0.5) is 0 Å². The number of carbonyl (C=O) groups is 2. The molecule has 2 N–H and O–H groups in total. The van der Waals surface area contributed by atoms with Crippen LogP contribution in [0, 0.1) is 18.3 Å². The minimum Gasteiger partial charge on any atom is -0.480 e. The van der Waals surface area contributed by atoms with E-state index in [0.29, 0.717) is 11.3 Å². The first-order valence-corrected chi connectivity index (χ1v) is 5.41. The fourth-order valence-electron chi connectivity index (χ4n) is 1.38. The number of aryl methyl sites for hydroxylation is 1. The second-order valence-corrected chi connectivity index (χ2v) is 3.71. The highest BCUT2D eigenvalue weighted by molar-refractivity contribution is 5.95. The lowest BCUT2D eigenvalue weighted by molar-refractivity contribution is -0.139. The topological polar surface area (TPSA) is 103 Å². The molecular formula is C12H13N3O3. The minimum absolute atomic E-state index is 0.103. The Morgan fingerprint density at radius 2 is 2.22 bits per heavy atom. The molecule has 0 fully saturated rings. The predicted molar refractivity (Wildman–Crippen MR) is 62.9 cm³/mol. The summed E-state index contributed by atoms with van der Waals surface area (Å²) in [4.78, 5) is 26.5. The Hall–Kier alpha value is -2.42. The average Bonchev–Trinajstić information content (AvgIpc) is 2.35. The number of amides is 1. The number of carboxylic acids is 1. The standard InChI is InChI=1S/C12H13N3O3/c1-3-9(12(17)18)15-11(16)10-5-4-8(6-13)7(2)14-10/h4-5,9H,3H2,1-2H3,(H,15,16)(H,17,18)/t9-/m0/s1. The molecule has 1 atom stereocenters. The van der Waals surface area contributed by atoms with Crippen molar-refractivity contribution in [1.82, 2.24) is 10.3 Å². The van der Waals surface area contributed by atoms with E-state index in [9.17, 15) is 9.59 Å². The fraction of sp³-hybridized carbons (Fsp3) is 0.333. The first-order chi connectivity index (χ1) is 8.49. The number of aliphatic carboxylic acids is 1. The quantitative estimate of drug-likeness (QED) is 0.821. The Kier molecular flexibility index (Phi) is 4.38. The summed E-state index contributed by atoms with van der Waals surface area (Å²) in [6, 6.07) is 3.89. The molecule has 1 amide bonds. The Labute approximate surface area is 104 Å². The number of hydrogen-bond donors (Lipinski definition) is 2. The second kappa shape index (κ2) is 5.77. The van der Waals surface area contributed by atoms with Gasteiger partial charge >= 0.3 is 5.97 Å². The highest BCUT2D eigenvalue weighted by atomic mass is 16.4. The lowest BCUT2D eigenvalue weighted by Gasteiger charge is -2.12. The van der Waals surface area contributed by atoms with Crippen LogP contribution < -0.4 is 5.32 Å². The van der Waals surface area contributed by atoms with Crippen LogP contribution in [0.3, 0.4) is 0 Å².